The third kappa shape index (κ3) is 3.83. The molecule has 0 fully saturated rings. The van der Waals surface area contributed by atoms with Crippen LogP contribution in [0.25, 0.3) is 0 Å². The summed E-state index contributed by atoms with van der Waals surface area (Å²) >= 11 is 6.42. The van der Waals surface area contributed by atoms with E-state index in [1.807, 2.05) is 6.92 Å². The number of hydrogen-bond donors (Lipinski definition) is 2. The summed E-state index contributed by atoms with van der Waals surface area (Å²) in [6, 6.07) is 3.01. The second-order valence-corrected chi connectivity index (χ2v) is 6.32. The number of carbonyl (C=O) groups is 1. The summed E-state index contributed by atoms with van der Waals surface area (Å²) in [7, 11) is 1.29. The van der Waals surface area contributed by atoms with Gasteiger partial charge in [-0.3, -0.25) is 0 Å². The van der Waals surface area contributed by atoms with Crippen LogP contribution in [0.15, 0.2) is 18.2 Å². The van der Waals surface area contributed by atoms with Crippen molar-refractivity contribution in [1.82, 2.24) is 0 Å². The van der Waals surface area contributed by atoms with E-state index < -0.39 is 17.6 Å². The van der Waals surface area contributed by atoms with Crippen molar-refractivity contribution in [2.24, 2.45) is 0 Å². The largest absolute Gasteiger partial charge is 0.465 e. The lowest BCUT2D eigenvalue weighted by atomic mass is 10.1. The van der Waals surface area contributed by atoms with Crippen LogP contribution in [0.4, 0.5) is 19.5 Å². The van der Waals surface area contributed by atoms with Gasteiger partial charge in [-0.05, 0) is 43.8 Å². The second kappa shape index (κ2) is 7.01. The van der Waals surface area contributed by atoms with Gasteiger partial charge in [0.2, 0.25) is 0 Å². The molecule has 0 spiro atoms. The van der Waals surface area contributed by atoms with Crippen molar-refractivity contribution in [3.05, 3.63) is 45.8 Å². The van der Waals surface area contributed by atoms with E-state index in [0.29, 0.717) is 10.6 Å². The van der Waals surface area contributed by atoms with E-state index in [4.69, 9.17) is 17.0 Å². The Bertz CT molecular complexity index is 775. The predicted octanol–water partition coefficient (Wildman–Crippen LogP) is 4.24. The van der Waals surface area contributed by atoms with Crippen molar-refractivity contribution in [2.45, 2.75) is 13.8 Å². The zero-order chi connectivity index (χ0) is 17.1. The van der Waals surface area contributed by atoms with Gasteiger partial charge in [-0.25, -0.2) is 13.6 Å². The van der Waals surface area contributed by atoms with Crippen molar-refractivity contribution in [3.63, 3.8) is 0 Å². The predicted molar refractivity (Wildman–Crippen MR) is 91.3 cm³/mol. The number of hydrogen-bond acceptors (Lipinski definition) is 4. The summed E-state index contributed by atoms with van der Waals surface area (Å²) in [5.41, 5.74) is 1.06. The first-order valence-corrected chi connectivity index (χ1v) is 7.77. The average Bonchev–Trinajstić information content (AvgIpc) is 2.76. The van der Waals surface area contributed by atoms with Crippen LogP contribution in [0.2, 0.25) is 0 Å². The van der Waals surface area contributed by atoms with E-state index in [1.165, 1.54) is 18.4 Å². The third-order valence-corrected chi connectivity index (χ3v) is 4.51. The van der Waals surface area contributed by atoms with E-state index >= 15 is 0 Å². The molecule has 0 radical (unpaired) electrons. The molecule has 0 saturated carbocycles. The van der Waals surface area contributed by atoms with Crippen LogP contribution >= 0.6 is 23.6 Å². The van der Waals surface area contributed by atoms with E-state index in [-0.39, 0.29) is 10.8 Å². The number of thiophene rings is 1. The minimum Gasteiger partial charge on any atom is -0.465 e. The van der Waals surface area contributed by atoms with E-state index in [9.17, 15) is 13.6 Å². The number of carbonyl (C=O) groups excluding carboxylic acids is 1. The zero-order valence-electron chi connectivity index (χ0n) is 12.6. The van der Waals surface area contributed by atoms with Gasteiger partial charge in [-0.1, -0.05) is 0 Å². The molecule has 0 amide bonds. The van der Waals surface area contributed by atoms with E-state index in [0.717, 1.165) is 28.6 Å². The number of aryl methyl sites for hydroxylation is 1. The van der Waals surface area contributed by atoms with Crippen molar-refractivity contribution in [3.8, 4) is 0 Å². The van der Waals surface area contributed by atoms with E-state index in [2.05, 4.69) is 10.6 Å². The quantitative estimate of drug-likeness (QED) is 0.636. The molecular formula is C15H14F2N2O2S2. The first-order valence-electron chi connectivity index (χ1n) is 6.54. The van der Waals surface area contributed by atoms with Crippen LogP contribution in [0.1, 0.15) is 20.8 Å². The van der Waals surface area contributed by atoms with Gasteiger partial charge in [-0.15, -0.1) is 11.3 Å². The highest BCUT2D eigenvalue weighted by molar-refractivity contribution is 7.80. The van der Waals surface area contributed by atoms with Crippen LogP contribution in [0.5, 0.6) is 0 Å². The monoisotopic (exact) mass is 356 g/mol. The fourth-order valence-electron chi connectivity index (χ4n) is 1.91. The lowest BCUT2D eigenvalue weighted by Crippen LogP contribution is -2.20. The Labute approximate surface area is 141 Å². The minimum atomic E-state index is -0.637. The van der Waals surface area contributed by atoms with Crippen molar-refractivity contribution >= 4 is 45.3 Å². The molecule has 1 heterocycles. The summed E-state index contributed by atoms with van der Waals surface area (Å²) < 4.78 is 31.5. The molecule has 0 saturated heterocycles. The molecule has 2 N–H and O–H groups in total. The number of rotatable bonds is 3. The number of thiocarbonyl (C=S) groups is 1. The summed E-state index contributed by atoms with van der Waals surface area (Å²) in [6.07, 6.45) is 0. The molecule has 0 aliphatic carbocycles. The van der Waals surface area contributed by atoms with Crippen LogP contribution in [0, 0.1) is 25.5 Å². The van der Waals surface area contributed by atoms with Crippen LogP contribution in [0.3, 0.4) is 0 Å². The molecule has 2 aromatic rings. The smallest absolute Gasteiger partial charge is 0.341 e. The standard InChI is InChI=1S/C15H14F2N2O2S2/c1-7-8(2)23-13(12(7)14(20)21-3)19-15(22)18-11-6-9(16)4-5-10(11)17/h4-6H,1-3H3,(H2,18,19,22). The van der Waals surface area contributed by atoms with Gasteiger partial charge in [0, 0.05) is 10.9 Å². The summed E-state index contributed by atoms with van der Waals surface area (Å²) in [5, 5.41) is 5.93. The molecule has 8 heteroatoms. The molecule has 0 unspecified atom stereocenters. The first kappa shape index (κ1) is 17.3. The number of anilines is 2. The van der Waals surface area contributed by atoms with Crippen LogP contribution in [-0.4, -0.2) is 18.2 Å². The topological polar surface area (TPSA) is 50.4 Å². The molecule has 1 aromatic heterocycles. The molecule has 0 aliphatic heterocycles. The highest BCUT2D eigenvalue weighted by atomic mass is 32.1. The van der Waals surface area contributed by atoms with Crippen LogP contribution < -0.4 is 10.6 Å². The highest BCUT2D eigenvalue weighted by Crippen LogP contribution is 2.33. The molecule has 23 heavy (non-hydrogen) atoms. The Morgan fingerprint density at radius 2 is 1.96 bits per heavy atom. The number of halogens is 2. The maximum absolute atomic E-state index is 13.6. The molecule has 0 atom stereocenters. The second-order valence-electron chi connectivity index (χ2n) is 4.68. The Balaban J connectivity index is 2.22. The molecule has 0 aliphatic rings. The number of nitrogens with one attached hydrogen (secondary N) is 2. The Kier molecular flexibility index (Phi) is 5.27. The Morgan fingerprint density at radius 3 is 2.61 bits per heavy atom. The van der Waals surface area contributed by atoms with Crippen LogP contribution in [-0.2, 0) is 4.74 Å². The summed E-state index contributed by atoms with van der Waals surface area (Å²) in [6.45, 7) is 3.66. The highest BCUT2D eigenvalue weighted by Gasteiger charge is 2.21. The number of benzene rings is 1. The number of methoxy groups -OCH3 is 1. The first-order chi connectivity index (χ1) is 10.8. The van der Waals surface area contributed by atoms with Gasteiger partial charge >= 0.3 is 5.97 Å². The van der Waals surface area contributed by atoms with Crippen molar-refractivity contribution in [2.75, 3.05) is 17.7 Å². The third-order valence-electron chi connectivity index (χ3n) is 3.18. The zero-order valence-corrected chi connectivity index (χ0v) is 14.3. The number of ether oxygens (including phenoxy) is 1. The molecular weight excluding hydrogens is 342 g/mol. The van der Waals surface area contributed by atoms with Gasteiger partial charge in [0.25, 0.3) is 0 Å². The number of esters is 1. The maximum atomic E-state index is 13.6. The van der Waals surface area contributed by atoms with Crippen molar-refractivity contribution in [1.29, 1.82) is 0 Å². The van der Waals surface area contributed by atoms with Gasteiger partial charge < -0.3 is 15.4 Å². The van der Waals surface area contributed by atoms with Gasteiger partial charge in [0.15, 0.2) is 5.11 Å². The maximum Gasteiger partial charge on any atom is 0.341 e. The minimum absolute atomic E-state index is 0.0425. The lowest BCUT2D eigenvalue weighted by Gasteiger charge is -2.11. The van der Waals surface area contributed by atoms with Gasteiger partial charge in [0.05, 0.1) is 18.4 Å². The van der Waals surface area contributed by atoms with Gasteiger partial charge in [-0.2, -0.15) is 0 Å². The average molecular weight is 356 g/mol. The van der Waals surface area contributed by atoms with Crippen molar-refractivity contribution < 1.29 is 18.3 Å². The molecule has 1 aromatic carbocycles. The Hall–Kier alpha value is -2.06. The normalized spacial score (nSPS) is 10.3. The lowest BCUT2D eigenvalue weighted by molar-refractivity contribution is 0.0601. The summed E-state index contributed by atoms with van der Waals surface area (Å²) in [4.78, 5) is 12.8. The molecule has 2 rings (SSSR count). The Morgan fingerprint density at radius 1 is 1.26 bits per heavy atom. The summed E-state index contributed by atoms with van der Waals surface area (Å²) in [5.74, 6) is -1.72. The SMILES string of the molecule is COC(=O)c1c(NC(=S)Nc2cc(F)ccc2F)sc(C)c1C. The molecule has 4 nitrogen and oxygen atoms in total. The van der Waals surface area contributed by atoms with Gasteiger partial charge in [0.1, 0.15) is 16.6 Å². The fraction of sp³-hybridized carbons (Fsp3) is 0.200. The van der Waals surface area contributed by atoms with E-state index in [1.54, 1.807) is 6.92 Å². The fourth-order valence-corrected chi connectivity index (χ4v) is 3.24. The molecule has 122 valence electrons. The molecule has 0 bridgehead atoms.